The molecule has 4 nitrogen and oxygen atoms in total. The largest absolute Gasteiger partial charge is 0.307 e. The third-order valence-electron chi connectivity index (χ3n) is 4.40. The van der Waals surface area contributed by atoms with Gasteiger partial charge in [-0.1, -0.05) is 29.8 Å². The van der Waals surface area contributed by atoms with Gasteiger partial charge in [-0.2, -0.15) is 0 Å². The molecular formula is C18H29BrN2O2S. The molecule has 0 aliphatic carbocycles. The lowest BCUT2D eigenvalue weighted by molar-refractivity contribution is 0.157. The van der Waals surface area contributed by atoms with Crippen LogP contribution in [0.4, 0.5) is 0 Å². The summed E-state index contributed by atoms with van der Waals surface area (Å²) in [5.74, 6) is 0.134. The third-order valence-corrected chi connectivity index (χ3v) is 6.48. The van der Waals surface area contributed by atoms with E-state index in [-0.39, 0.29) is 23.0 Å². The van der Waals surface area contributed by atoms with Crippen LogP contribution < -0.4 is 10.0 Å². The van der Waals surface area contributed by atoms with E-state index in [9.17, 15) is 8.42 Å². The summed E-state index contributed by atoms with van der Waals surface area (Å²) in [6.07, 6.45) is 1.53. The van der Waals surface area contributed by atoms with E-state index in [0.717, 1.165) is 22.9 Å². The van der Waals surface area contributed by atoms with Crippen molar-refractivity contribution in [2.45, 2.75) is 82.3 Å². The lowest BCUT2D eigenvalue weighted by Gasteiger charge is -2.46. The third kappa shape index (κ3) is 4.81. The van der Waals surface area contributed by atoms with Crippen molar-refractivity contribution >= 4 is 26.0 Å². The summed E-state index contributed by atoms with van der Waals surface area (Å²) >= 11 is 3.44. The highest BCUT2D eigenvalue weighted by molar-refractivity contribution is 9.10. The van der Waals surface area contributed by atoms with Crippen LogP contribution in [0.2, 0.25) is 0 Å². The molecule has 0 atom stereocenters. The molecule has 2 N–H and O–H groups in total. The molecule has 1 aromatic carbocycles. The molecule has 1 fully saturated rings. The van der Waals surface area contributed by atoms with Crippen molar-refractivity contribution in [3.63, 3.8) is 0 Å². The van der Waals surface area contributed by atoms with E-state index < -0.39 is 10.0 Å². The first-order chi connectivity index (χ1) is 10.8. The lowest BCUT2D eigenvalue weighted by Crippen LogP contribution is -2.62. The SMILES string of the molecule is CC(C)c1cc(Br)ccc1S(=O)(=O)NC1CC(C)(C)NC(C)(C)C1. The summed E-state index contributed by atoms with van der Waals surface area (Å²) < 4.78 is 29.9. The molecule has 24 heavy (non-hydrogen) atoms. The monoisotopic (exact) mass is 416 g/mol. The fourth-order valence-corrected chi connectivity index (χ4v) is 5.87. The van der Waals surface area contributed by atoms with Gasteiger partial charge in [0.15, 0.2) is 0 Å². The van der Waals surface area contributed by atoms with Gasteiger partial charge in [-0.3, -0.25) is 0 Å². The van der Waals surface area contributed by atoms with Crippen LogP contribution in [0.5, 0.6) is 0 Å². The van der Waals surface area contributed by atoms with Gasteiger partial charge in [0.25, 0.3) is 0 Å². The summed E-state index contributed by atoms with van der Waals surface area (Å²) in [6.45, 7) is 12.5. The second-order valence-electron chi connectivity index (χ2n) is 8.46. The van der Waals surface area contributed by atoms with E-state index in [2.05, 4.69) is 53.7 Å². The molecule has 0 unspecified atom stereocenters. The lowest BCUT2D eigenvalue weighted by atomic mass is 9.80. The smallest absolute Gasteiger partial charge is 0.241 e. The minimum Gasteiger partial charge on any atom is -0.307 e. The standard InChI is InChI=1S/C18H29BrN2O2S/c1-12(2)15-9-13(19)7-8-16(15)24(22,23)20-14-10-17(3,4)21-18(5,6)11-14/h7-9,12,14,20-21H,10-11H2,1-6H3. The zero-order valence-corrected chi connectivity index (χ0v) is 17.8. The fraction of sp³-hybridized carbons (Fsp3) is 0.667. The molecule has 0 radical (unpaired) electrons. The Morgan fingerprint density at radius 2 is 1.71 bits per heavy atom. The van der Waals surface area contributed by atoms with Gasteiger partial charge >= 0.3 is 0 Å². The number of hydrogen-bond acceptors (Lipinski definition) is 3. The van der Waals surface area contributed by atoms with Crippen LogP contribution in [0.1, 0.15) is 65.9 Å². The average molecular weight is 417 g/mol. The van der Waals surface area contributed by atoms with Crippen molar-refractivity contribution in [1.29, 1.82) is 0 Å². The molecule has 0 spiro atoms. The van der Waals surface area contributed by atoms with E-state index >= 15 is 0 Å². The van der Waals surface area contributed by atoms with Crippen molar-refractivity contribution < 1.29 is 8.42 Å². The Bertz CT molecular complexity index is 696. The van der Waals surface area contributed by atoms with Gasteiger partial charge in [0, 0.05) is 21.6 Å². The first-order valence-electron chi connectivity index (χ1n) is 8.42. The summed E-state index contributed by atoms with van der Waals surface area (Å²) in [5, 5.41) is 3.58. The Morgan fingerprint density at radius 3 is 2.21 bits per heavy atom. The number of sulfonamides is 1. The van der Waals surface area contributed by atoms with Crippen LogP contribution in [-0.2, 0) is 10.0 Å². The highest BCUT2D eigenvalue weighted by atomic mass is 79.9. The van der Waals surface area contributed by atoms with Crippen molar-refractivity contribution in [2.24, 2.45) is 0 Å². The van der Waals surface area contributed by atoms with Crippen LogP contribution >= 0.6 is 15.9 Å². The Kier molecular flexibility index (Phi) is 5.56. The van der Waals surface area contributed by atoms with Gasteiger partial charge in [0.1, 0.15) is 0 Å². The zero-order chi connectivity index (χ0) is 18.3. The van der Waals surface area contributed by atoms with Crippen LogP contribution in [-0.4, -0.2) is 25.5 Å². The first kappa shape index (κ1) is 19.9. The van der Waals surface area contributed by atoms with Gasteiger partial charge in [0.05, 0.1) is 4.90 Å². The van der Waals surface area contributed by atoms with E-state index in [1.54, 1.807) is 12.1 Å². The number of benzene rings is 1. The van der Waals surface area contributed by atoms with E-state index in [4.69, 9.17) is 0 Å². The highest BCUT2D eigenvalue weighted by Gasteiger charge is 2.39. The highest BCUT2D eigenvalue weighted by Crippen LogP contribution is 2.31. The molecule has 1 aliphatic rings. The van der Waals surface area contributed by atoms with Crippen molar-refractivity contribution in [3.8, 4) is 0 Å². The molecule has 1 heterocycles. The Labute approximate surface area is 155 Å². The summed E-state index contributed by atoms with van der Waals surface area (Å²) in [7, 11) is -3.55. The minimum absolute atomic E-state index is 0.0788. The molecule has 0 amide bonds. The van der Waals surface area contributed by atoms with Crippen LogP contribution in [0.3, 0.4) is 0 Å². The predicted octanol–water partition coefficient (Wildman–Crippen LogP) is 4.16. The summed E-state index contributed by atoms with van der Waals surface area (Å²) in [6, 6.07) is 5.30. The maximum Gasteiger partial charge on any atom is 0.241 e. The second kappa shape index (κ2) is 6.71. The maximum atomic E-state index is 13.0. The first-order valence-corrected chi connectivity index (χ1v) is 10.7. The topological polar surface area (TPSA) is 58.2 Å². The van der Waals surface area contributed by atoms with Crippen molar-refractivity contribution in [3.05, 3.63) is 28.2 Å². The van der Waals surface area contributed by atoms with Gasteiger partial charge in [-0.15, -0.1) is 0 Å². The molecule has 136 valence electrons. The Balaban J connectivity index is 2.32. The molecule has 0 bridgehead atoms. The molecule has 1 saturated heterocycles. The van der Waals surface area contributed by atoms with Crippen LogP contribution in [0.15, 0.2) is 27.6 Å². The molecular weight excluding hydrogens is 388 g/mol. The number of rotatable bonds is 4. The predicted molar refractivity (Wildman–Crippen MR) is 103 cm³/mol. The fourth-order valence-electron chi connectivity index (χ4n) is 3.90. The molecule has 6 heteroatoms. The van der Waals surface area contributed by atoms with Gasteiger partial charge in [0.2, 0.25) is 10.0 Å². The van der Waals surface area contributed by atoms with Gasteiger partial charge < -0.3 is 5.32 Å². The van der Waals surface area contributed by atoms with E-state index in [0.29, 0.717) is 4.90 Å². The van der Waals surface area contributed by atoms with Gasteiger partial charge in [-0.25, -0.2) is 13.1 Å². The number of hydrogen-bond donors (Lipinski definition) is 2. The summed E-state index contributed by atoms with van der Waals surface area (Å²) in [4.78, 5) is 0.384. The van der Waals surface area contributed by atoms with E-state index in [1.165, 1.54) is 0 Å². The maximum absolute atomic E-state index is 13.0. The summed E-state index contributed by atoms with van der Waals surface area (Å²) in [5.41, 5.74) is 0.634. The Morgan fingerprint density at radius 1 is 1.17 bits per heavy atom. The van der Waals surface area contributed by atoms with Crippen molar-refractivity contribution in [1.82, 2.24) is 10.0 Å². The van der Waals surface area contributed by atoms with Crippen LogP contribution in [0, 0.1) is 0 Å². The van der Waals surface area contributed by atoms with Gasteiger partial charge in [-0.05, 0) is 70.2 Å². The molecule has 0 saturated carbocycles. The number of halogens is 1. The van der Waals surface area contributed by atoms with E-state index in [1.807, 2.05) is 19.9 Å². The molecule has 2 rings (SSSR count). The van der Waals surface area contributed by atoms with Crippen LogP contribution in [0.25, 0.3) is 0 Å². The number of piperidine rings is 1. The quantitative estimate of drug-likeness (QED) is 0.774. The Hall–Kier alpha value is -0.430. The zero-order valence-electron chi connectivity index (χ0n) is 15.4. The number of nitrogens with one attached hydrogen (secondary N) is 2. The van der Waals surface area contributed by atoms with Crippen molar-refractivity contribution in [2.75, 3.05) is 0 Å². The second-order valence-corrected chi connectivity index (χ2v) is 11.1. The molecule has 0 aromatic heterocycles. The molecule has 1 aliphatic heterocycles. The minimum atomic E-state index is -3.55. The normalized spacial score (nSPS) is 21.2. The average Bonchev–Trinajstić information content (AvgIpc) is 2.33. The molecule has 1 aromatic rings.